The molecule has 2 aliphatic rings. The first-order chi connectivity index (χ1) is 8.62. The molecule has 0 saturated heterocycles. The number of carbonyl (C=O) groups is 2. The smallest absolute Gasteiger partial charge is 0.313 e. The summed E-state index contributed by atoms with van der Waals surface area (Å²) in [4.78, 5) is 24.0. The van der Waals surface area contributed by atoms with Crippen molar-refractivity contribution in [1.82, 2.24) is 0 Å². The van der Waals surface area contributed by atoms with Crippen LogP contribution in [-0.2, 0) is 19.1 Å². The number of hydrogen-bond donors (Lipinski definition) is 0. The first-order valence-electron chi connectivity index (χ1n) is 6.63. The minimum atomic E-state index is -0.679. The molecular weight excluding hydrogens is 232 g/mol. The van der Waals surface area contributed by atoms with Gasteiger partial charge in [-0.15, -0.1) is 0 Å². The van der Waals surface area contributed by atoms with E-state index in [4.69, 9.17) is 9.47 Å². The van der Waals surface area contributed by atoms with Gasteiger partial charge in [0.25, 0.3) is 0 Å². The Labute approximate surface area is 107 Å². The second-order valence-corrected chi connectivity index (χ2v) is 5.05. The van der Waals surface area contributed by atoms with E-state index in [-0.39, 0.29) is 24.3 Å². The van der Waals surface area contributed by atoms with Gasteiger partial charge < -0.3 is 9.47 Å². The number of allylic oxidation sites excluding steroid dienone is 2. The number of esters is 2. The van der Waals surface area contributed by atoms with Crippen LogP contribution in [0.5, 0.6) is 0 Å². The fourth-order valence-electron chi connectivity index (χ4n) is 3.21. The van der Waals surface area contributed by atoms with Crippen LogP contribution in [0.15, 0.2) is 12.2 Å². The summed E-state index contributed by atoms with van der Waals surface area (Å²) in [6, 6.07) is 0. The van der Waals surface area contributed by atoms with E-state index < -0.39 is 5.41 Å². The minimum Gasteiger partial charge on any atom is -0.466 e. The SMILES string of the molecule is CCOC(=O)CC1(C(=O)OCC)CC2C=CC1C2. The Bertz CT molecular complexity index is 374. The first-order valence-corrected chi connectivity index (χ1v) is 6.63. The van der Waals surface area contributed by atoms with Crippen LogP contribution in [0.2, 0.25) is 0 Å². The van der Waals surface area contributed by atoms with Gasteiger partial charge in [0.15, 0.2) is 0 Å². The topological polar surface area (TPSA) is 52.6 Å². The maximum atomic E-state index is 12.2. The van der Waals surface area contributed by atoms with Crippen LogP contribution in [0, 0.1) is 17.3 Å². The van der Waals surface area contributed by atoms with Gasteiger partial charge in [0.05, 0.1) is 25.0 Å². The van der Waals surface area contributed by atoms with Crippen molar-refractivity contribution >= 4 is 11.9 Å². The zero-order valence-corrected chi connectivity index (χ0v) is 11.0. The second kappa shape index (κ2) is 5.12. The van der Waals surface area contributed by atoms with Gasteiger partial charge in [0.2, 0.25) is 0 Å². The molecular formula is C14H20O4. The fourth-order valence-corrected chi connectivity index (χ4v) is 3.21. The maximum Gasteiger partial charge on any atom is 0.313 e. The lowest BCUT2D eigenvalue weighted by Gasteiger charge is -2.32. The van der Waals surface area contributed by atoms with Crippen LogP contribution in [-0.4, -0.2) is 25.2 Å². The number of ether oxygens (including phenoxy) is 2. The van der Waals surface area contributed by atoms with Crippen LogP contribution in [0.25, 0.3) is 0 Å². The third-order valence-electron chi connectivity index (χ3n) is 3.96. The Morgan fingerprint density at radius 1 is 1.22 bits per heavy atom. The molecule has 2 bridgehead atoms. The monoisotopic (exact) mass is 252 g/mol. The Kier molecular flexibility index (Phi) is 3.73. The van der Waals surface area contributed by atoms with Gasteiger partial charge in [-0.2, -0.15) is 0 Å². The number of fused-ring (bicyclic) bond motifs is 2. The van der Waals surface area contributed by atoms with Crippen molar-refractivity contribution < 1.29 is 19.1 Å². The maximum absolute atomic E-state index is 12.2. The molecule has 0 spiro atoms. The van der Waals surface area contributed by atoms with Crippen LogP contribution >= 0.6 is 0 Å². The fraction of sp³-hybridized carbons (Fsp3) is 0.714. The first kappa shape index (κ1) is 13.1. The van der Waals surface area contributed by atoms with Gasteiger partial charge in [0, 0.05) is 0 Å². The predicted molar refractivity (Wildman–Crippen MR) is 65.7 cm³/mol. The molecule has 2 rings (SSSR count). The Morgan fingerprint density at radius 3 is 2.44 bits per heavy atom. The number of hydrogen-bond acceptors (Lipinski definition) is 4. The van der Waals surface area contributed by atoms with E-state index >= 15 is 0 Å². The van der Waals surface area contributed by atoms with Crippen LogP contribution in [0.4, 0.5) is 0 Å². The summed E-state index contributed by atoms with van der Waals surface area (Å²) in [6.07, 6.45) is 6.02. The Balaban J connectivity index is 2.16. The van der Waals surface area contributed by atoms with Crippen molar-refractivity contribution in [3.63, 3.8) is 0 Å². The second-order valence-electron chi connectivity index (χ2n) is 5.05. The van der Waals surface area contributed by atoms with Gasteiger partial charge in [0.1, 0.15) is 0 Å². The zero-order chi connectivity index (χ0) is 13.2. The quantitative estimate of drug-likeness (QED) is 0.555. The summed E-state index contributed by atoms with van der Waals surface area (Å²) >= 11 is 0. The van der Waals surface area contributed by atoms with Crippen molar-refractivity contribution in [3.8, 4) is 0 Å². The van der Waals surface area contributed by atoms with Crippen molar-refractivity contribution in [3.05, 3.63) is 12.2 Å². The largest absolute Gasteiger partial charge is 0.466 e. The zero-order valence-electron chi connectivity index (χ0n) is 11.0. The number of carbonyl (C=O) groups excluding carboxylic acids is 2. The van der Waals surface area contributed by atoms with Gasteiger partial charge in [-0.25, -0.2) is 0 Å². The van der Waals surface area contributed by atoms with Crippen molar-refractivity contribution in [1.29, 1.82) is 0 Å². The van der Waals surface area contributed by atoms with E-state index in [1.165, 1.54) is 0 Å². The normalized spacial score (nSPS) is 32.6. The molecule has 1 saturated carbocycles. The van der Waals surface area contributed by atoms with Crippen LogP contribution in [0.3, 0.4) is 0 Å². The van der Waals surface area contributed by atoms with Crippen LogP contribution < -0.4 is 0 Å². The van der Waals surface area contributed by atoms with E-state index in [9.17, 15) is 9.59 Å². The van der Waals surface area contributed by atoms with Gasteiger partial charge in [-0.05, 0) is 38.5 Å². The lowest BCUT2D eigenvalue weighted by molar-refractivity contribution is -0.164. The van der Waals surface area contributed by atoms with Gasteiger partial charge >= 0.3 is 11.9 Å². The summed E-state index contributed by atoms with van der Waals surface area (Å²) < 4.78 is 10.2. The standard InChI is InChI=1S/C14H20O4/c1-3-17-12(15)9-14(13(16)18-4-2)8-10-5-6-11(14)7-10/h5-6,10-11H,3-4,7-9H2,1-2H3. The molecule has 100 valence electrons. The van der Waals surface area contributed by atoms with E-state index in [0.717, 1.165) is 6.42 Å². The van der Waals surface area contributed by atoms with Gasteiger partial charge in [-0.1, -0.05) is 12.2 Å². The van der Waals surface area contributed by atoms with Crippen LogP contribution in [0.1, 0.15) is 33.1 Å². The molecule has 3 atom stereocenters. The highest BCUT2D eigenvalue weighted by Crippen LogP contribution is 2.54. The molecule has 0 heterocycles. The Morgan fingerprint density at radius 2 is 1.94 bits per heavy atom. The Hall–Kier alpha value is -1.32. The highest BCUT2D eigenvalue weighted by atomic mass is 16.5. The third-order valence-corrected chi connectivity index (χ3v) is 3.96. The summed E-state index contributed by atoms with van der Waals surface area (Å²) in [5.74, 6) is 0.00111. The molecule has 0 radical (unpaired) electrons. The summed E-state index contributed by atoms with van der Waals surface area (Å²) in [7, 11) is 0. The molecule has 0 aromatic rings. The van der Waals surface area contributed by atoms with Gasteiger partial charge in [-0.3, -0.25) is 9.59 Å². The molecule has 0 aromatic carbocycles. The molecule has 0 N–H and O–H groups in total. The average Bonchev–Trinajstić information content (AvgIpc) is 2.90. The van der Waals surface area contributed by atoms with E-state index in [2.05, 4.69) is 12.2 Å². The molecule has 0 aliphatic heterocycles. The summed E-state index contributed by atoms with van der Waals surface area (Å²) in [6.45, 7) is 4.26. The molecule has 4 heteroatoms. The molecule has 1 fully saturated rings. The van der Waals surface area contributed by atoms with Crippen molar-refractivity contribution in [2.75, 3.05) is 13.2 Å². The van der Waals surface area contributed by atoms with Crippen molar-refractivity contribution in [2.24, 2.45) is 17.3 Å². The average molecular weight is 252 g/mol. The van der Waals surface area contributed by atoms with E-state index in [1.807, 2.05) is 0 Å². The highest BCUT2D eigenvalue weighted by molar-refractivity contribution is 5.85. The highest BCUT2D eigenvalue weighted by Gasteiger charge is 2.55. The molecule has 4 nitrogen and oxygen atoms in total. The summed E-state index contributed by atoms with van der Waals surface area (Å²) in [5, 5.41) is 0. The third kappa shape index (κ3) is 2.16. The van der Waals surface area contributed by atoms with E-state index in [1.54, 1.807) is 13.8 Å². The molecule has 0 aromatic heterocycles. The molecule has 2 aliphatic carbocycles. The lowest BCUT2D eigenvalue weighted by atomic mass is 9.73. The molecule has 3 unspecified atom stereocenters. The summed E-state index contributed by atoms with van der Waals surface area (Å²) in [5.41, 5.74) is -0.679. The van der Waals surface area contributed by atoms with E-state index in [0.29, 0.717) is 25.6 Å². The molecule has 18 heavy (non-hydrogen) atoms. The minimum absolute atomic E-state index is 0.131. The number of rotatable bonds is 5. The lowest BCUT2D eigenvalue weighted by Crippen LogP contribution is -2.39. The van der Waals surface area contributed by atoms with Crippen molar-refractivity contribution in [2.45, 2.75) is 33.1 Å². The predicted octanol–water partition coefficient (Wildman–Crippen LogP) is 2.09. The molecule has 0 amide bonds.